The Labute approximate surface area is 124 Å². The van der Waals surface area contributed by atoms with Crippen molar-refractivity contribution < 1.29 is 5.11 Å². The van der Waals surface area contributed by atoms with E-state index in [-0.39, 0.29) is 5.60 Å². The summed E-state index contributed by atoms with van der Waals surface area (Å²) in [5, 5.41) is 10.7. The van der Waals surface area contributed by atoms with Gasteiger partial charge in [0.25, 0.3) is 0 Å². The fourth-order valence-electron chi connectivity index (χ4n) is 4.51. The lowest BCUT2D eigenvalue weighted by molar-refractivity contribution is -0.0358. The fourth-order valence-corrected chi connectivity index (χ4v) is 4.51. The first-order chi connectivity index (χ1) is 9.75. The first-order valence-corrected chi connectivity index (χ1v) is 8.94. The molecule has 0 atom stereocenters. The van der Waals surface area contributed by atoms with Crippen molar-refractivity contribution in [1.82, 2.24) is 9.80 Å². The largest absolute Gasteiger partial charge is 0.389 e. The van der Waals surface area contributed by atoms with Crippen LogP contribution in [0.1, 0.15) is 64.2 Å². The SMILES string of the molecule is OC1(CN2CCC(N3CCCCC3)CC2)CCCCC1. The molecule has 2 saturated heterocycles. The molecule has 0 amide bonds. The molecule has 0 bridgehead atoms. The monoisotopic (exact) mass is 280 g/mol. The van der Waals surface area contributed by atoms with Gasteiger partial charge in [0.05, 0.1) is 5.60 Å². The van der Waals surface area contributed by atoms with Gasteiger partial charge in [-0.2, -0.15) is 0 Å². The average Bonchev–Trinajstić information content (AvgIpc) is 2.49. The number of hydrogen-bond donors (Lipinski definition) is 1. The number of rotatable bonds is 3. The van der Waals surface area contributed by atoms with Crippen LogP contribution in [-0.4, -0.2) is 59.3 Å². The van der Waals surface area contributed by atoms with Crippen LogP contribution in [0.3, 0.4) is 0 Å². The first-order valence-electron chi connectivity index (χ1n) is 8.94. The van der Waals surface area contributed by atoms with Crippen LogP contribution in [0.2, 0.25) is 0 Å². The summed E-state index contributed by atoms with van der Waals surface area (Å²) in [6, 6.07) is 0.826. The standard InChI is InChI=1S/C17H32N2O/c20-17(9-3-1-4-10-17)15-18-13-7-16(8-14-18)19-11-5-2-6-12-19/h16,20H,1-15H2. The first kappa shape index (κ1) is 14.8. The Morgan fingerprint density at radius 1 is 0.800 bits per heavy atom. The number of likely N-dealkylation sites (tertiary alicyclic amines) is 2. The van der Waals surface area contributed by atoms with Gasteiger partial charge in [0.1, 0.15) is 0 Å². The zero-order valence-electron chi connectivity index (χ0n) is 13.0. The van der Waals surface area contributed by atoms with Crippen LogP contribution in [0.4, 0.5) is 0 Å². The van der Waals surface area contributed by atoms with E-state index in [2.05, 4.69) is 9.80 Å². The van der Waals surface area contributed by atoms with Crippen molar-refractivity contribution in [2.24, 2.45) is 0 Å². The molecule has 2 aliphatic heterocycles. The van der Waals surface area contributed by atoms with Crippen LogP contribution < -0.4 is 0 Å². The quantitative estimate of drug-likeness (QED) is 0.861. The maximum Gasteiger partial charge on any atom is 0.0774 e. The van der Waals surface area contributed by atoms with Gasteiger partial charge in [-0.15, -0.1) is 0 Å². The van der Waals surface area contributed by atoms with E-state index in [1.165, 1.54) is 77.5 Å². The minimum absolute atomic E-state index is 0.365. The van der Waals surface area contributed by atoms with Crippen molar-refractivity contribution in [2.75, 3.05) is 32.7 Å². The van der Waals surface area contributed by atoms with E-state index < -0.39 is 0 Å². The Bertz CT molecular complexity index is 287. The highest BCUT2D eigenvalue weighted by molar-refractivity contribution is 4.88. The third-order valence-electron chi connectivity index (χ3n) is 5.77. The molecular formula is C17H32N2O. The summed E-state index contributed by atoms with van der Waals surface area (Å²) in [5.74, 6) is 0. The third kappa shape index (κ3) is 3.75. The molecule has 0 unspecified atom stereocenters. The van der Waals surface area contributed by atoms with Gasteiger partial charge in [-0.25, -0.2) is 0 Å². The summed E-state index contributed by atoms with van der Waals surface area (Å²) < 4.78 is 0. The van der Waals surface area contributed by atoms with Crippen LogP contribution >= 0.6 is 0 Å². The molecule has 1 saturated carbocycles. The highest BCUT2D eigenvalue weighted by atomic mass is 16.3. The zero-order chi connectivity index (χ0) is 13.8. The van der Waals surface area contributed by atoms with Crippen molar-refractivity contribution in [3.63, 3.8) is 0 Å². The van der Waals surface area contributed by atoms with Crippen molar-refractivity contribution in [2.45, 2.75) is 75.9 Å². The molecule has 2 heterocycles. The second-order valence-corrected chi connectivity index (χ2v) is 7.39. The van der Waals surface area contributed by atoms with E-state index in [0.29, 0.717) is 0 Å². The predicted octanol–water partition coefficient (Wildman–Crippen LogP) is 2.63. The van der Waals surface area contributed by atoms with Crippen LogP contribution in [0.15, 0.2) is 0 Å². The number of nitrogens with zero attached hydrogens (tertiary/aromatic N) is 2. The lowest BCUT2D eigenvalue weighted by atomic mass is 9.84. The summed E-state index contributed by atoms with van der Waals surface area (Å²) in [5.41, 5.74) is -0.365. The number of aliphatic hydroxyl groups is 1. The lowest BCUT2D eigenvalue weighted by Crippen LogP contribution is -2.51. The Balaban J connectivity index is 1.43. The molecule has 0 aromatic carbocycles. The summed E-state index contributed by atoms with van der Waals surface area (Å²) in [7, 11) is 0. The van der Waals surface area contributed by atoms with Gasteiger partial charge in [-0.3, -0.25) is 0 Å². The molecule has 0 aromatic rings. The molecule has 3 nitrogen and oxygen atoms in total. The molecule has 3 heteroatoms. The summed E-state index contributed by atoms with van der Waals surface area (Å²) in [4.78, 5) is 5.27. The van der Waals surface area contributed by atoms with Crippen molar-refractivity contribution in [3.05, 3.63) is 0 Å². The van der Waals surface area contributed by atoms with Crippen LogP contribution in [-0.2, 0) is 0 Å². The second-order valence-electron chi connectivity index (χ2n) is 7.39. The van der Waals surface area contributed by atoms with Crippen LogP contribution in [0.5, 0.6) is 0 Å². The molecule has 20 heavy (non-hydrogen) atoms. The topological polar surface area (TPSA) is 26.7 Å². The molecule has 3 fully saturated rings. The number of β-amino-alcohol motifs (C(OH)–C–C–N with tert-alkyl or cyclic N) is 1. The normalized spacial score (nSPS) is 30.4. The number of piperidine rings is 2. The molecule has 1 N–H and O–H groups in total. The van der Waals surface area contributed by atoms with E-state index in [1.54, 1.807) is 0 Å². The fraction of sp³-hybridized carbons (Fsp3) is 1.00. The predicted molar refractivity (Wildman–Crippen MR) is 82.9 cm³/mol. The molecule has 0 radical (unpaired) electrons. The lowest BCUT2D eigenvalue weighted by Gasteiger charge is -2.43. The average molecular weight is 280 g/mol. The Hall–Kier alpha value is -0.120. The third-order valence-corrected chi connectivity index (χ3v) is 5.77. The van der Waals surface area contributed by atoms with Crippen LogP contribution in [0.25, 0.3) is 0 Å². The Kier molecular flexibility index (Phi) is 5.00. The van der Waals surface area contributed by atoms with E-state index in [1.807, 2.05) is 0 Å². The molecular weight excluding hydrogens is 248 g/mol. The van der Waals surface area contributed by atoms with Crippen molar-refractivity contribution in [1.29, 1.82) is 0 Å². The number of hydrogen-bond acceptors (Lipinski definition) is 3. The summed E-state index contributed by atoms with van der Waals surface area (Å²) in [6.45, 7) is 5.98. The molecule has 0 aromatic heterocycles. The molecule has 3 rings (SSSR count). The van der Waals surface area contributed by atoms with E-state index in [4.69, 9.17) is 0 Å². The highest BCUT2D eigenvalue weighted by Crippen LogP contribution is 2.30. The van der Waals surface area contributed by atoms with Crippen LogP contribution in [0, 0.1) is 0 Å². The van der Waals surface area contributed by atoms with Gasteiger partial charge in [0, 0.05) is 12.6 Å². The van der Waals surface area contributed by atoms with Gasteiger partial charge in [0.2, 0.25) is 0 Å². The smallest absolute Gasteiger partial charge is 0.0774 e. The van der Waals surface area contributed by atoms with Gasteiger partial charge in [-0.1, -0.05) is 25.7 Å². The minimum atomic E-state index is -0.365. The minimum Gasteiger partial charge on any atom is -0.389 e. The molecule has 116 valence electrons. The maximum absolute atomic E-state index is 10.7. The van der Waals surface area contributed by atoms with E-state index >= 15 is 0 Å². The maximum atomic E-state index is 10.7. The molecule has 0 spiro atoms. The molecule has 1 aliphatic carbocycles. The van der Waals surface area contributed by atoms with Gasteiger partial charge >= 0.3 is 0 Å². The Morgan fingerprint density at radius 2 is 1.40 bits per heavy atom. The van der Waals surface area contributed by atoms with E-state index in [0.717, 1.165) is 25.4 Å². The van der Waals surface area contributed by atoms with E-state index in [9.17, 15) is 5.11 Å². The van der Waals surface area contributed by atoms with Gasteiger partial charge in [0.15, 0.2) is 0 Å². The second kappa shape index (κ2) is 6.76. The van der Waals surface area contributed by atoms with Gasteiger partial charge < -0.3 is 14.9 Å². The summed E-state index contributed by atoms with van der Waals surface area (Å²) in [6.07, 6.45) is 12.7. The van der Waals surface area contributed by atoms with Crippen molar-refractivity contribution in [3.8, 4) is 0 Å². The summed E-state index contributed by atoms with van der Waals surface area (Å²) >= 11 is 0. The highest BCUT2D eigenvalue weighted by Gasteiger charge is 2.33. The van der Waals surface area contributed by atoms with Crippen molar-refractivity contribution >= 4 is 0 Å². The Morgan fingerprint density at radius 3 is 2.05 bits per heavy atom. The van der Waals surface area contributed by atoms with Gasteiger partial charge in [-0.05, 0) is 64.7 Å². The zero-order valence-corrected chi connectivity index (χ0v) is 13.0. The molecule has 3 aliphatic rings.